The number of carbonyl (C=O) groups excluding carboxylic acids is 1. The average molecular weight is 333 g/mol. The van der Waals surface area contributed by atoms with Crippen LogP contribution in [0.1, 0.15) is 42.6 Å². The molecule has 2 N–H and O–H groups in total. The van der Waals surface area contributed by atoms with Gasteiger partial charge in [-0.3, -0.25) is 9.69 Å². The highest BCUT2D eigenvalue weighted by atomic mass is 16.5. The Morgan fingerprint density at radius 2 is 2.04 bits per heavy atom. The van der Waals surface area contributed by atoms with Crippen LogP contribution in [0.3, 0.4) is 0 Å². The van der Waals surface area contributed by atoms with Crippen LogP contribution in [0.5, 0.6) is 0 Å². The van der Waals surface area contributed by atoms with Crippen LogP contribution in [0.2, 0.25) is 0 Å². The van der Waals surface area contributed by atoms with E-state index < -0.39 is 0 Å². The monoisotopic (exact) mass is 333 g/mol. The van der Waals surface area contributed by atoms with Gasteiger partial charge in [0.15, 0.2) is 0 Å². The lowest BCUT2D eigenvalue weighted by Gasteiger charge is -2.26. The summed E-state index contributed by atoms with van der Waals surface area (Å²) in [6.45, 7) is 4.87. The van der Waals surface area contributed by atoms with E-state index in [-0.39, 0.29) is 5.91 Å². The molecule has 2 heterocycles. The number of aromatic nitrogens is 2. The Hall–Kier alpha value is -1.73. The molecule has 0 atom stereocenters. The molecule has 3 rings (SSSR count). The number of hydrogen-bond donors (Lipinski definition) is 2. The number of ether oxygens (including phenoxy) is 1. The number of carbonyl (C=O) groups is 1. The number of nitrogens with zero attached hydrogens (tertiary/aromatic N) is 3. The van der Waals surface area contributed by atoms with Gasteiger partial charge < -0.3 is 15.4 Å². The van der Waals surface area contributed by atoms with Gasteiger partial charge >= 0.3 is 0 Å². The van der Waals surface area contributed by atoms with E-state index in [1.165, 1.54) is 19.3 Å². The van der Waals surface area contributed by atoms with E-state index in [2.05, 4.69) is 25.5 Å². The fraction of sp³-hybridized carbons (Fsp3) is 0.706. The maximum Gasteiger partial charge on any atom is 0.270 e. The second-order valence-electron chi connectivity index (χ2n) is 6.45. The summed E-state index contributed by atoms with van der Waals surface area (Å²) in [5.74, 6) is 0.417. The first-order valence-corrected chi connectivity index (χ1v) is 8.99. The van der Waals surface area contributed by atoms with Gasteiger partial charge in [-0.1, -0.05) is 19.3 Å². The average Bonchev–Trinajstić information content (AvgIpc) is 2.64. The number of anilines is 1. The van der Waals surface area contributed by atoms with Crippen molar-refractivity contribution in [3.05, 3.63) is 18.0 Å². The predicted molar refractivity (Wildman–Crippen MR) is 92.1 cm³/mol. The largest absolute Gasteiger partial charge is 0.379 e. The third-order valence-corrected chi connectivity index (χ3v) is 4.64. The van der Waals surface area contributed by atoms with Crippen LogP contribution in [0.4, 0.5) is 5.95 Å². The summed E-state index contributed by atoms with van der Waals surface area (Å²) in [7, 11) is 0. The number of morpholine rings is 1. The van der Waals surface area contributed by atoms with Crippen LogP contribution in [0.15, 0.2) is 12.3 Å². The van der Waals surface area contributed by atoms with Gasteiger partial charge in [-0.2, -0.15) is 0 Å². The van der Waals surface area contributed by atoms with Crippen LogP contribution in [0, 0.1) is 0 Å². The first kappa shape index (κ1) is 17.1. The smallest absolute Gasteiger partial charge is 0.270 e. The van der Waals surface area contributed by atoms with Crippen molar-refractivity contribution < 1.29 is 9.53 Å². The minimum absolute atomic E-state index is 0.141. The molecule has 0 radical (unpaired) electrons. The Morgan fingerprint density at radius 1 is 1.25 bits per heavy atom. The van der Waals surface area contributed by atoms with Crippen molar-refractivity contribution in [2.24, 2.45) is 0 Å². The Morgan fingerprint density at radius 3 is 2.83 bits per heavy atom. The summed E-state index contributed by atoms with van der Waals surface area (Å²) >= 11 is 0. The van der Waals surface area contributed by atoms with E-state index in [1.807, 2.05) is 0 Å². The lowest BCUT2D eigenvalue weighted by atomic mass is 9.96. The molecule has 2 fully saturated rings. The van der Waals surface area contributed by atoms with Crippen molar-refractivity contribution in [3.8, 4) is 0 Å². The molecule has 7 heteroatoms. The molecule has 1 aromatic rings. The molecule has 1 saturated carbocycles. The van der Waals surface area contributed by atoms with E-state index in [0.717, 1.165) is 45.7 Å². The maximum absolute atomic E-state index is 12.3. The Balaban J connectivity index is 1.46. The molecule has 1 amide bonds. The molecule has 0 aromatic carbocycles. The fourth-order valence-corrected chi connectivity index (χ4v) is 3.23. The third-order valence-electron chi connectivity index (χ3n) is 4.64. The van der Waals surface area contributed by atoms with Crippen molar-refractivity contribution >= 4 is 11.9 Å². The Labute approximate surface area is 143 Å². The zero-order valence-corrected chi connectivity index (χ0v) is 14.2. The Bertz CT molecular complexity index is 527. The SMILES string of the molecule is O=C(NCCN1CCOCC1)c1ccnc(NC2CCCCC2)n1. The molecule has 24 heavy (non-hydrogen) atoms. The summed E-state index contributed by atoms with van der Waals surface area (Å²) in [4.78, 5) is 23.2. The normalized spacial score (nSPS) is 19.8. The first-order chi connectivity index (χ1) is 11.8. The molecule has 2 aliphatic rings. The molecule has 132 valence electrons. The number of nitrogens with one attached hydrogen (secondary N) is 2. The van der Waals surface area contributed by atoms with Gasteiger partial charge in [0.2, 0.25) is 5.95 Å². The highest BCUT2D eigenvalue weighted by molar-refractivity contribution is 5.92. The maximum atomic E-state index is 12.3. The van der Waals surface area contributed by atoms with E-state index >= 15 is 0 Å². The first-order valence-electron chi connectivity index (χ1n) is 8.99. The molecule has 0 bridgehead atoms. The highest BCUT2D eigenvalue weighted by Crippen LogP contribution is 2.20. The number of hydrogen-bond acceptors (Lipinski definition) is 6. The lowest BCUT2D eigenvalue weighted by Crippen LogP contribution is -2.41. The standard InChI is InChI=1S/C17H27N5O2/c23-16(18-8-9-22-10-12-24-13-11-22)15-6-7-19-17(21-15)20-14-4-2-1-3-5-14/h6-7,14H,1-5,8-13H2,(H,18,23)(H,19,20,21). The van der Waals surface area contributed by atoms with Crippen molar-refractivity contribution in [1.82, 2.24) is 20.2 Å². The highest BCUT2D eigenvalue weighted by Gasteiger charge is 2.16. The van der Waals surface area contributed by atoms with Gasteiger partial charge in [-0.05, 0) is 18.9 Å². The molecule has 1 aliphatic carbocycles. The zero-order chi connectivity index (χ0) is 16.6. The minimum atomic E-state index is -0.141. The number of amides is 1. The van der Waals surface area contributed by atoms with Gasteiger partial charge in [0.25, 0.3) is 5.91 Å². The molecular formula is C17H27N5O2. The van der Waals surface area contributed by atoms with Crippen molar-refractivity contribution in [2.45, 2.75) is 38.1 Å². The van der Waals surface area contributed by atoms with Crippen LogP contribution in [-0.4, -0.2) is 66.2 Å². The third kappa shape index (κ3) is 5.14. The minimum Gasteiger partial charge on any atom is -0.379 e. The summed E-state index contributed by atoms with van der Waals surface area (Å²) < 4.78 is 5.32. The molecule has 1 saturated heterocycles. The van der Waals surface area contributed by atoms with E-state index in [4.69, 9.17) is 4.74 Å². The summed E-state index contributed by atoms with van der Waals surface area (Å²) in [5.41, 5.74) is 0.422. The van der Waals surface area contributed by atoms with Crippen molar-refractivity contribution in [2.75, 3.05) is 44.7 Å². The second kappa shape index (κ2) is 8.94. The molecule has 1 aromatic heterocycles. The molecule has 0 spiro atoms. The van der Waals surface area contributed by atoms with E-state index in [1.54, 1.807) is 12.3 Å². The number of rotatable bonds is 6. The van der Waals surface area contributed by atoms with Gasteiger partial charge in [0.1, 0.15) is 5.69 Å². The quantitative estimate of drug-likeness (QED) is 0.816. The second-order valence-corrected chi connectivity index (χ2v) is 6.45. The van der Waals surface area contributed by atoms with Gasteiger partial charge in [-0.15, -0.1) is 0 Å². The van der Waals surface area contributed by atoms with Crippen LogP contribution in [-0.2, 0) is 4.74 Å². The van der Waals surface area contributed by atoms with Crippen LogP contribution >= 0.6 is 0 Å². The fourth-order valence-electron chi connectivity index (χ4n) is 3.23. The predicted octanol–water partition coefficient (Wildman–Crippen LogP) is 1.28. The van der Waals surface area contributed by atoms with Gasteiger partial charge in [-0.25, -0.2) is 9.97 Å². The Kier molecular flexibility index (Phi) is 6.37. The molecule has 1 aliphatic heterocycles. The van der Waals surface area contributed by atoms with E-state index in [0.29, 0.717) is 24.2 Å². The lowest BCUT2D eigenvalue weighted by molar-refractivity contribution is 0.0383. The summed E-state index contributed by atoms with van der Waals surface area (Å²) in [6, 6.07) is 2.09. The van der Waals surface area contributed by atoms with Crippen LogP contribution in [0.25, 0.3) is 0 Å². The zero-order valence-electron chi connectivity index (χ0n) is 14.2. The van der Waals surface area contributed by atoms with Crippen molar-refractivity contribution in [3.63, 3.8) is 0 Å². The summed E-state index contributed by atoms with van der Waals surface area (Å²) in [6.07, 6.45) is 7.76. The topological polar surface area (TPSA) is 79.4 Å². The molecular weight excluding hydrogens is 306 g/mol. The van der Waals surface area contributed by atoms with E-state index in [9.17, 15) is 4.79 Å². The van der Waals surface area contributed by atoms with Gasteiger partial charge in [0, 0.05) is 38.4 Å². The van der Waals surface area contributed by atoms with Crippen molar-refractivity contribution in [1.29, 1.82) is 0 Å². The van der Waals surface area contributed by atoms with Crippen LogP contribution < -0.4 is 10.6 Å². The summed E-state index contributed by atoms with van der Waals surface area (Å²) in [5, 5.41) is 6.30. The molecule has 7 nitrogen and oxygen atoms in total. The molecule has 0 unspecified atom stereocenters. The van der Waals surface area contributed by atoms with Gasteiger partial charge in [0.05, 0.1) is 13.2 Å².